The Morgan fingerprint density at radius 2 is 1.92 bits per heavy atom. The first kappa shape index (κ1) is 16.9. The van der Waals surface area contributed by atoms with Crippen LogP contribution in [0.2, 0.25) is 5.02 Å². The molecule has 0 saturated carbocycles. The molecule has 0 bridgehead atoms. The molecule has 2 atom stereocenters. The molecule has 24 heavy (non-hydrogen) atoms. The zero-order valence-electron chi connectivity index (χ0n) is 13.2. The van der Waals surface area contributed by atoms with Gasteiger partial charge in [0.2, 0.25) is 0 Å². The van der Waals surface area contributed by atoms with Crippen molar-refractivity contribution >= 4 is 11.6 Å². The minimum absolute atomic E-state index is 0.0238. The molecule has 0 aromatic heterocycles. The van der Waals surface area contributed by atoms with E-state index in [9.17, 15) is 5.11 Å². The predicted octanol–water partition coefficient (Wildman–Crippen LogP) is 1.48. The van der Waals surface area contributed by atoms with E-state index in [1.54, 1.807) is 24.3 Å². The molecular weight excluding hydrogens is 330 g/mol. The van der Waals surface area contributed by atoms with E-state index in [1.807, 2.05) is 29.6 Å². The molecule has 6 heteroatoms. The number of aliphatic hydroxyl groups is 1. The summed E-state index contributed by atoms with van der Waals surface area (Å²) in [7, 11) is 0. The maximum atomic E-state index is 10.00. The van der Waals surface area contributed by atoms with Gasteiger partial charge in [-0.05, 0) is 36.4 Å². The number of hydrogen-bond donors (Lipinski definition) is 2. The van der Waals surface area contributed by atoms with Crippen molar-refractivity contribution in [2.45, 2.75) is 12.2 Å². The third-order valence-corrected chi connectivity index (χ3v) is 3.94. The van der Waals surface area contributed by atoms with Gasteiger partial charge in [-0.3, -0.25) is 0 Å². The Hall–Kier alpha value is -1.95. The number of aliphatic hydroxyl groups excluding tert-OH is 1. The molecule has 128 valence electrons. The normalized spacial score (nSPS) is 17.3. The highest BCUT2D eigenvalue weighted by Crippen LogP contribution is 2.30. The maximum absolute atomic E-state index is 10.00. The molecule has 1 heterocycles. The van der Waals surface area contributed by atoms with E-state index < -0.39 is 6.10 Å². The first-order valence-electron chi connectivity index (χ1n) is 7.97. The molecule has 2 aromatic carbocycles. The van der Waals surface area contributed by atoms with Gasteiger partial charge in [0.15, 0.2) is 17.6 Å². The van der Waals surface area contributed by atoms with Crippen LogP contribution >= 0.6 is 11.6 Å². The molecule has 0 spiro atoms. The van der Waals surface area contributed by atoms with Crippen LogP contribution in [0.25, 0.3) is 0 Å². The lowest BCUT2D eigenvalue weighted by molar-refractivity contribution is -0.666. The van der Waals surface area contributed by atoms with Gasteiger partial charge >= 0.3 is 0 Å². The standard InChI is InChI=1S/C18H20ClNO4/c19-13-5-7-15(8-6-13)22-11-14(21)9-20-10-16-12-23-17-3-1-2-4-18(17)24-16/h1-8,14,16,20-21H,9-12H2/p+1/t14-,16-/m0/s1. The number of halogens is 1. The summed E-state index contributed by atoms with van der Waals surface area (Å²) < 4.78 is 17.1. The summed E-state index contributed by atoms with van der Waals surface area (Å²) in [5, 5.41) is 12.7. The number of para-hydroxylation sites is 2. The summed E-state index contributed by atoms with van der Waals surface area (Å²) in [5.41, 5.74) is 0. The molecular formula is C18H21ClNO4+. The van der Waals surface area contributed by atoms with Gasteiger partial charge in [-0.15, -0.1) is 0 Å². The zero-order chi connectivity index (χ0) is 16.8. The van der Waals surface area contributed by atoms with Crippen LogP contribution < -0.4 is 19.5 Å². The van der Waals surface area contributed by atoms with Crippen molar-refractivity contribution < 1.29 is 24.6 Å². The highest BCUT2D eigenvalue weighted by Gasteiger charge is 2.22. The lowest BCUT2D eigenvalue weighted by Crippen LogP contribution is -2.89. The highest BCUT2D eigenvalue weighted by molar-refractivity contribution is 6.30. The van der Waals surface area contributed by atoms with E-state index in [0.717, 1.165) is 11.5 Å². The third kappa shape index (κ3) is 4.77. The molecule has 2 aromatic rings. The Morgan fingerprint density at radius 3 is 2.71 bits per heavy atom. The first-order chi connectivity index (χ1) is 11.7. The van der Waals surface area contributed by atoms with E-state index in [1.165, 1.54) is 0 Å². The van der Waals surface area contributed by atoms with Crippen LogP contribution in [0.5, 0.6) is 17.2 Å². The largest absolute Gasteiger partial charge is 0.491 e. The second-order valence-corrected chi connectivity index (χ2v) is 6.11. The Balaban J connectivity index is 1.35. The summed E-state index contributed by atoms with van der Waals surface area (Å²) in [6, 6.07) is 14.7. The molecule has 0 fully saturated rings. The monoisotopic (exact) mass is 350 g/mol. The van der Waals surface area contributed by atoms with Crippen molar-refractivity contribution in [2.24, 2.45) is 0 Å². The molecule has 0 radical (unpaired) electrons. The summed E-state index contributed by atoms with van der Waals surface area (Å²) in [4.78, 5) is 0. The number of ether oxygens (including phenoxy) is 3. The highest BCUT2D eigenvalue weighted by atomic mass is 35.5. The van der Waals surface area contributed by atoms with Gasteiger partial charge in [-0.1, -0.05) is 23.7 Å². The number of nitrogens with two attached hydrogens (primary N) is 1. The van der Waals surface area contributed by atoms with Gasteiger partial charge in [-0.2, -0.15) is 0 Å². The van der Waals surface area contributed by atoms with Gasteiger partial charge in [0.25, 0.3) is 0 Å². The van der Waals surface area contributed by atoms with Crippen molar-refractivity contribution in [1.29, 1.82) is 0 Å². The van der Waals surface area contributed by atoms with E-state index in [0.29, 0.717) is 30.5 Å². The predicted molar refractivity (Wildman–Crippen MR) is 91.0 cm³/mol. The van der Waals surface area contributed by atoms with E-state index in [-0.39, 0.29) is 12.7 Å². The van der Waals surface area contributed by atoms with Crippen LogP contribution in [-0.4, -0.2) is 43.6 Å². The quantitative estimate of drug-likeness (QED) is 0.794. The number of fused-ring (bicyclic) bond motifs is 1. The maximum Gasteiger partial charge on any atom is 0.181 e. The van der Waals surface area contributed by atoms with E-state index in [2.05, 4.69) is 0 Å². The topological polar surface area (TPSA) is 64.5 Å². The Bertz CT molecular complexity index is 650. The second kappa shape index (κ2) is 8.24. The van der Waals surface area contributed by atoms with Crippen LogP contribution in [0.1, 0.15) is 0 Å². The van der Waals surface area contributed by atoms with E-state index in [4.69, 9.17) is 25.8 Å². The summed E-state index contributed by atoms with van der Waals surface area (Å²) >= 11 is 5.82. The number of quaternary nitrogens is 1. The molecule has 0 amide bonds. The molecule has 0 unspecified atom stereocenters. The minimum atomic E-state index is -0.558. The summed E-state index contributed by atoms with van der Waals surface area (Å²) in [6.07, 6.45) is -0.582. The lowest BCUT2D eigenvalue weighted by Gasteiger charge is -2.25. The van der Waals surface area contributed by atoms with Crippen molar-refractivity contribution in [3.8, 4) is 17.2 Å². The van der Waals surface area contributed by atoms with Crippen LogP contribution in [0.3, 0.4) is 0 Å². The SMILES string of the molecule is O[C@@H](C[NH2+]C[C@H]1COc2ccccc2O1)COc1ccc(Cl)cc1. The summed E-state index contributed by atoms with van der Waals surface area (Å²) in [6.45, 7) is 2.01. The molecule has 1 aliphatic rings. The lowest BCUT2D eigenvalue weighted by atomic mass is 10.2. The van der Waals surface area contributed by atoms with Crippen molar-refractivity contribution in [3.05, 3.63) is 53.6 Å². The van der Waals surface area contributed by atoms with Crippen molar-refractivity contribution in [3.63, 3.8) is 0 Å². The zero-order valence-corrected chi connectivity index (χ0v) is 14.0. The first-order valence-corrected chi connectivity index (χ1v) is 8.35. The molecule has 1 aliphatic heterocycles. The van der Waals surface area contributed by atoms with Crippen LogP contribution in [0.4, 0.5) is 0 Å². The fourth-order valence-corrected chi connectivity index (χ4v) is 2.57. The molecule has 0 saturated heterocycles. The molecule has 3 rings (SSSR count). The van der Waals surface area contributed by atoms with Crippen LogP contribution in [-0.2, 0) is 0 Å². The van der Waals surface area contributed by atoms with E-state index >= 15 is 0 Å². The Kier molecular flexibility index (Phi) is 5.80. The molecule has 5 nitrogen and oxygen atoms in total. The fourth-order valence-electron chi connectivity index (χ4n) is 2.45. The van der Waals surface area contributed by atoms with Gasteiger partial charge in [0.05, 0.1) is 0 Å². The summed E-state index contributed by atoms with van der Waals surface area (Å²) in [5.74, 6) is 2.25. The van der Waals surface area contributed by atoms with Crippen molar-refractivity contribution in [1.82, 2.24) is 0 Å². The van der Waals surface area contributed by atoms with Gasteiger partial charge in [-0.25, -0.2) is 0 Å². The van der Waals surface area contributed by atoms with Crippen LogP contribution in [0.15, 0.2) is 48.5 Å². The third-order valence-electron chi connectivity index (χ3n) is 3.69. The van der Waals surface area contributed by atoms with Gasteiger partial charge in [0.1, 0.15) is 38.2 Å². The van der Waals surface area contributed by atoms with Crippen LogP contribution in [0, 0.1) is 0 Å². The smallest absolute Gasteiger partial charge is 0.181 e. The fraction of sp³-hybridized carbons (Fsp3) is 0.333. The minimum Gasteiger partial charge on any atom is -0.491 e. The number of rotatable bonds is 7. The average Bonchev–Trinajstić information content (AvgIpc) is 2.61. The number of hydrogen-bond acceptors (Lipinski definition) is 4. The average molecular weight is 351 g/mol. The Morgan fingerprint density at radius 1 is 1.17 bits per heavy atom. The van der Waals surface area contributed by atoms with Crippen molar-refractivity contribution in [2.75, 3.05) is 26.3 Å². The number of benzene rings is 2. The Labute approximate surface area is 146 Å². The molecule has 3 N–H and O–H groups in total. The van der Waals surface area contributed by atoms with Gasteiger partial charge < -0.3 is 24.6 Å². The molecule has 0 aliphatic carbocycles. The van der Waals surface area contributed by atoms with Gasteiger partial charge in [0, 0.05) is 5.02 Å². The second-order valence-electron chi connectivity index (χ2n) is 5.68.